The first-order valence-electron chi connectivity index (χ1n) is 6.78. The van der Waals surface area contributed by atoms with Crippen LogP contribution in [0.1, 0.15) is 37.6 Å². The number of aliphatic imine (C=N–C) groups is 1. The number of hydrogen-bond donors (Lipinski definition) is 1. The molecule has 0 spiro atoms. The number of nitrogens with zero attached hydrogens (tertiary/aromatic N) is 1. The largest absolute Gasteiger partial charge is 0.465 e. The molecule has 1 amide bonds. The Bertz CT molecular complexity index is 513. The fourth-order valence-corrected chi connectivity index (χ4v) is 1.49. The third kappa shape index (κ3) is 6.70. The molecule has 0 saturated heterocycles. The van der Waals surface area contributed by atoms with Crippen LogP contribution in [0.15, 0.2) is 29.3 Å². The predicted molar refractivity (Wildman–Crippen MR) is 83.8 cm³/mol. The van der Waals surface area contributed by atoms with E-state index in [4.69, 9.17) is 0 Å². The highest BCUT2D eigenvalue weighted by atomic mass is 16.5. The standard InChI is InChI=1S/C16H22N2O3/c1-16(2,3)9-10-17-11-14(19)18-13-7-5-12(6-8-13)15(20)21-4/h5-8,10H,9,11H2,1-4H3,(H,18,19). The van der Waals surface area contributed by atoms with E-state index in [0.717, 1.165) is 6.42 Å². The lowest BCUT2D eigenvalue weighted by atomic mass is 9.93. The number of carbonyl (C=O) groups is 2. The molecular weight excluding hydrogens is 268 g/mol. The lowest BCUT2D eigenvalue weighted by molar-refractivity contribution is -0.114. The van der Waals surface area contributed by atoms with Crippen LogP contribution < -0.4 is 5.32 Å². The first kappa shape index (κ1) is 16.9. The fraction of sp³-hybridized carbons (Fsp3) is 0.438. The van der Waals surface area contributed by atoms with Gasteiger partial charge in [0, 0.05) is 5.69 Å². The van der Waals surface area contributed by atoms with Crippen molar-refractivity contribution in [3.63, 3.8) is 0 Å². The molecule has 5 nitrogen and oxygen atoms in total. The van der Waals surface area contributed by atoms with Gasteiger partial charge in [-0.2, -0.15) is 0 Å². The summed E-state index contributed by atoms with van der Waals surface area (Å²) in [5.74, 6) is -0.592. The topological polar surface area (TPSA) is 67.8 Å². The first-order chi connectivity index (χ1) is 9.81. The Hall–Kier alpha value is -2.17. The van der Waals surface area contributed by atoms with Crippen molar-refractivity contribution in [3.8, 4) is 0 Å². The van der Waals surface area contributed by atoms with Crippen molar-refractivity contribution in [3.05, 3.63) is 29.8 Å². The van der Waals surface area contributed by atoms with Gasteiger partial charge in [-0.15, -0.1) is 0 Å². The molecule has 0 bridgehead atoms. The maximum atomic E-state index is 11.7. The average molecular weight is 290 g/mol. The van der Waals surface area contributed by atoms with Crippen molar-refractivity contribution in [2.24, 2.45) is 10.4 Å². The molecule has 5 heteroatoms. The number of ether oxygens (including phenoxy) is 1. The number of nitrogens with one attached hydrogen (secondary N) is 1. The van der Waals surface area contributed by atoms with E-state index in [1.54, 1.807) is 30.5 Å². The van der Waals surface area contributed by atoms with Gasteiger partial charge in [0.05, 0.1) is 12.7 Å². The van der Waals surface area contributed by atoms with Crippen LogP contribution in [0, 0.1) is 5.41 Å². The number of amides is 1. The summed E-state index contributed by atoms with van der Waals surface area (Å²) in [6, 6.07) is 6.51. The number of methoxy groups -OCH3 is 1. The zero-order chi connectivity index (χ0) is 15.9. The number of esters is 1. The summed E-state index contributed by atoms with van der Waals surface area (Å²) in [5, 5.41) is 2.72. The highest BCUT2D eigenvalue weighted by molar-refractivity contribution is 5.94. The van der Waals surface area contributed by atoms with Crippen LogP contribution in [0.25, 0.3) is 0 Å². The van der Waals surface area contributed by atoms with Crippen molar-refractivity contribution in [2.75, 3.05) is 19.0 Å². The van der Waals surface area contributed by atoms with Crippen LogP contribution in [0.2, 0.25) is 0 Å². The monoisotopic (exact) mass is 290 g/mol. The van der Waals surface area contributed by atoms with Gasteiger partial charge in [0.1, 0.15) is 6.54 Å². The molecule has 1 N–H and O–H groups in total. The lowest BCUT2D eigenvalue weighted by Crippen LogP contribution is -2.15. The van der Waals surface area contributed by atoms with Gasteiger partial charge >= 0.3 is 5.97 Å². The van der Waals surface area contributed by atoms with E-state index in [-0.39, 0.29) is 17.9 Å². The third-order valence-corrected chi connectivity index (χ3v) is 2.66. The smallest absolute Gasteiger partial charge is 0.337 e. The fourth-order valence-electron chi connectivity index (χ4n) is 1.49. The van der Waals surface area contributed by atoms with Crippen LogP contribution in [-0.2, 0) is 9.53 Å². The minimum atomic E-state index is -0.403. The molecule has 0 radical (unpaired) electrons. The average Bonchev–Trinajstić information content (AvgIpc) is 2.42. The number of anilines is 1. The molecule has 21 heavy (non-hydrogen) atoms. The van der Waals surface area contributed by atoms with E-state index in [0.29, 0.717) is 11.3 Å². The maximum absolute atomic E-state index is 11.7. The number of hydrogen-bond acceptors (Lipinski definition) is 4. The van der Waals surface area contributed by atoms with Gasteiger partial charge in [-0.05, 0) is 42.3 Å². The molecule has 0 atom stereocenters. The second-order valence-corrected chi connectivity index (χ2v) is 5.91. The van der Waals surface area contributed by atoms with Crippen LogP contribution in [0.3, 0.4) is 0 Å². The Morgan fingerprint density at radius 2 is 1.86 bits per heavy atom. The Kier molecular flexibility index (Phi) is 6.09. The second-order valence-electron chi connectivity index (χ2n) is 5.91. The molecule has 0 heterocycles. The van der Waals surface area contributed by atoms with E-state index in [9.17, 15) is 9.59 Å². The molecule has 1 rings (SSSR count). The molecule has 1 aromatic carbocycles. The highest BCUT2D eigenvalue weighted by Crippen LogP contribution is 2.16. The zero-order valence-electron chi connectivity index (χ0n) is 13.0. The molecule has 0 aromatic heterocycles. The molecule has 0 aliphatic carbocycles. The molecule has 1 aromatic rings. The van der Waals surface area contributed by atoms with Crippen molar-refractivity contribution < 1.29 is 14.3 Å². The summed E-state index contributed by atoms with van der Waals surface area (Å²) in [4.78, 5) is 27.1. The Morgan fingerprint density at radius 3 is 2.38 bits per heavy atom. The summed E-state index contributed by atoms with van der Waals surface area (Å²) in [6.45, 7) is 6.43. The van der Waals surface area contributed by atoms with E-state index in [1.165, 1.54) is 7.11 Å². The van der Waals surface area contributed by atoms with Crippen LogP contribution in [-0.4, -0.2) is 31.7 Å². The molecule has 0 saturated carbocycles. The summed E-state index contributed by atoms with van der Waals surface area (Å²) >= 11 is 0. The predicted octanol–water partition coefficient (Wildman–Crippen LogP) is 2.92. The number of rotatable bonds is 5. The Labute approximate surface area is 125 Å². The van der Waals surface area contributed by atoms with Gasteiger partial charge in [-0.1, -0.05) is 20.8 Å². The second kappa shape index (κ2) is 7.57. The Balaban J connectivity index is 2.46. The normalized spacial score (nSPS) is 11.4. The van der Waals surface area contributed by atoms with Gasteiger partial charge < -0.3 is 10.1 Å². The van der Waals surface area contributed by atoms with Crippen LogP contribution in [0.5, 0.6) is 0 Å². The summed E-state index contributed by atoms with van der Waals surface area (Å²) in [7, 11) is 1.33. The minimum absolute atomic E-state index is 0.0921. The molecule has 0 fully saturated rings. The van der Waals surface area contributed by atoms with Gasteiger partial charge in [0.15, 0.2) is 0 Å². The number of carbonyl (C=O) groups excluding carboxylic acids is 2. The van der Waals surface area contributed by atoms with E-state index < -0.39 is 5.97 Å². The van der Waals surface area contributed by atoms with Gasteiger partial charge in [0.25, 0.3) is 0 Å². The van der Waals surface area contributed by atoms with Crippen LogP contribution in [0.4, 0.5) is 5.69 Å². The summed E-state index contributed by atoms with van der Waals surface area (Å²) < 4.78 is 4.60. The molecule has 0 aliphatic heterocycles. The van der Waals surface area contributed by atoms with E-state index >= 15 is 0 Å². The van der Waals surface area contributed by atoms with E-state index in [1.807, 2.05) is 0 Å². The summed E-state index contributed by atoms with van der Waals surface area (Å²) in [5.41, 5.74) is 1.24. The number of benzene rings is 1. The lowest BCUT2D eigenvalue weighted by Gasteiger charge is -2.13. The van der Waals surface area contributed by atoms with E-state index in [2.05, 4.69) is 35.8 Å². The van der Waals surface area contributed by atoms with Gasteiger partial charge in [0.2, 0.25) is 5.91 Å². The van der Waals surface area contributed by atoms with Crippen molar-refractivity contribution in [1.82, 2.24) is 0 Å². The molecule has 0 unspecified atom stereocenters. The minimum Gasteiger partial charge on any atom is -0.465 e. The molecular formula is C16H22N2O3. The molecule has 0 aliphatic rings. The summed E-state index contributed by atoms with van der Waals surface area (Å²) in [6.07, 6.45) is 2.61. The maximum Gasteiger partial charge on any atom is 0.337 e. The Morgan fingerprint density at radius 1 is 1.24 bits per heavy atom. The van der Waals surface area contributed by atoms with Crippen LogP contribution >= 0.6 is 0 Å². The van der Waals surface area contributed by atoms with Crippen molar-refractivity contribution >= 4 is 23.8 Å². The first-order valence-corrected chi connectivity index (χ1v) is 6.78. The van der Waals surface area contributed by atoms with Crippen molar-refractivity contribution in [1.29, 1.82) is 0 Å². The third-order valence-electron chi connectivity index (χ3n) is 2.66. The highest BCUT2D eigenvalue weighted by Gasteiger charge is 2.08. The van der Waals surface area contributed by atoms with Gasteiger partial charge in [-0.25, -0.2) is 4.79 Å². The van der Waals surface area contributed by atoms with Crippen molar-refractivity contribution in [2.45, 2.75) is 27.2 Å². The zero-order valence-corrected chi connectivity index (χ0v) is 13.0. The SMILES string of the molecule is COC(=O)c1ccc(NC(=O)CN=CCC(C)(C)C)cc1. The van der Waals surface area contributed by atoms with Gasteiger partial charge in [-0.3, -0.25) is 9.79 Å². The molecule has 114 valence electrons. The quantitative estimate of drug-likeness (QED) is 0.669.